The molecule has 2 amide bonds. The lowest BCUT2D eigenvalue weighted by Crippen LogP contribution is -2.25. The smallest absolute Gasteiger partial charge is 0.227 e. The molecule has 0 radical (unpaired) electrons. The highest BCUT2D eigenvalue weighted by atomic mass is 19.1. The monoisotopic (exact) mass is 290 g/mol. The molecule has 5 heteroatoms. The summed E-state index contributed by atoms with van der Waals surface area (Å²) in [6.45, 7) is 0.559. The molecule has 1 aromatic carbocycles. The average Bonchev–Trinajstić information content (AvgIpc) is 3.10. The maximum absolute atomic E-state index is 14.2. The topological polar surface area (TPSA) is 49.4 Å². The highest BCUT2D eigenvalue weighted by Crippen LogP contribution is 2.29. The van der Waals surface area contributed by atoms with Gasteiger partial charge in [0, 0.05) is 24.6 Å². The number of hydrogen-bond acceptors (Lipinski definition) is 2. The van der Waals surface area contributed by atoms with Gasteiger partial charge in [-0.2, -0.15) is 0 Å². The predicted molar refractivity (Wildman–Crippen MR) is 78.6 cm³/mol. The van der Waals surface area contributed by atoms with Crippen molar-refractivity contribution < 1.29 is 14.0 Å². The van der Waals surface area contributed by atoms with Crippen molar-refractivity contribution in [2.24, 2.45) is 5.92 Å². The lowest BCUT2D eigenvalue weighted by Gasteiger charge is -2.17. The summed E-state index contributed by atoms with van der Waals surface area (Å²) in [5, 5.41) is 2.77. The normalized spacial score (nSPS) is 19.3. The van der Waals surface area contributed by atoms with Crippen LogP contribution in [0.4, 0.5) is 15.8 Å². The molecule has 1 aromatic rings. The fourth-order valence-electron chi connectivity index (χ4n) is 3.14. The van der Waals surface area contributed by atoms with E-state index in [0.29, 0.717) is 24.3 Å². The van der Waals surface area contributed by atoms with Crippen LogP contribution < -0.4 is 10.2 Å². The molecule has 1 aliphatic carbocycles. The molecule has 0 bridgehead atoms. The van der Waals surface area contributed by atoms with Crippen molar-refractivity contribution in [3.63, 3.8) is 0 Å². The second-order valence-electron chi connectivity index (χ2n) is 5.79. The zero-order valence-corrected chi connectivity index (χ0v) is 11.9. The summed E-state index contributed by atoms with van der Waals surface area (Å²) in [7, 11) is 0. The number of nitrogens with zero attached hydrogens (tertiary/aromatic N) is 1. The van der Waals surface area contributed by atoms with Crippen LogP contribution in [-0.2, 0) is 9.59 Å². The molecule has 0 atom stereocenters. The van der Waals surface area contributed by atoms with Gasteiger partial charge in [0.05, 0.1) is 5.69 Å². The van der Waals surface area contributed by atoms with Crippen LogP contribution >= 0.6 is 0 Å². The van der Waals surface area contributed by atoms with Crippen molar-refractivity contribution in [1.82, 2.24) is 0 Å². The summed E-state index contributed by atoms with van der Waals surface area (Å²) >= 11 is 0. The second-order valence-corrected chi connectivity index (χ2v) is 5.79. The highest BCUT2D eigenvalue weighted by molar-refractivity contribution is 5.96. The van der Waals surface area contributed by atoms with Crippen molar-refractivity contribution in [3.05, 3.63) is 24.0 Å². The lowest BCUT2D eigenvalue weighted by atomic mass is 10.1. The number of amides is 2. The Morgan fingerprint density at radius 2 is 2.00 bits per heavy atom. The summed E-state index contributed by atoms with van der Waals surface area (Å²) < 4.78 is 14.2. The Balaban J connectivity index is 1.71. The third-order valence-electron chi connectivity index (χ3n) is 4.31. The van der Waals surface area contributed by atoms with E-state index in [1.54, 1.807) is 12.1 Å². The van der Waals surface area contributed by atoms with Gasteiger partial charge in [0.15, 0.2) is 0 Å². The molecule has 2 aliphatic rings. The standard InChI is InChI=1S/C16H19FN2O2/c17-13-10-12(18-16(21)11-4-1-2-5-11)7-8-14(13)19-9-3-6-15(19)20/h7-8,10-11H,1-6,9H2,(H,18,21). The van der Waals surface area contributed by atoms with Gasteiger partial charge in [-0.25, -0.2) is 4.39 Å². The molecule has 0 aromatic heterocycles. The Bertz CT molecular complexity index is 567. The van der Waals surface area contributed by atoms with Gasteiger partial charge in [-0.15, -0.1) is 0 Å². The van der Waals surface area contributed by atoms with Crippen LogP contribution in [0.2, 0.25) is 0 Å². The maximum atomic E-state index is 14.2. The van der Waals surface area contributed by atoms with Gasteiger partial charge >= 0.3 is 0 Å². The molecule has 21 heavy (non-hydrogen) atoms. The maximum Gasteiger partial charge on any atom is 0.227 e. The van der Waals surface area contributed by atoms with Crippen molar-refractivity contribution in [2.45, 2.75) is 38.5 Å². The third-order valence-corrected chi connectivity index (χ3v) is 4.31. The minimum Gasteiger partial charge on any atom is -0.326 e. The molecule has 112 valence electrons. The molecule has 2 fully saturated rings. The minimum atomic E-state index is -0.463. The summed E-state index contributed by atoms with van der Waals surface area (Å²) in [5.41, 5.74) is 0.760. The molecule has 1 saturated carbocycles. The fraction of sp³-hybridized carbons (Fsp3) is 0.500. The molecule has 0 unspecified atom stereocenters. The Labute approximate surface area is 123 Å². The van der Waals surface area contributed by atoms with Gasteiger partial charge in [0.25, 0.3) is 0 Å². The van der Waals surface area contributed by atoms with Crippen molar-refractivity contribution in [3.8, 4) is 0 Å². The van der Waals surface area contributed by atoms with Gasteiger partial charge in [-0.1, -0.05) is 12.8 Å². The summed E-state index contributed by atoms with van der Waals surface area (Å²) in [5.74, 6) is -0.490. The van der Waals surface area contributed by atoms with E-state index < -0.39 is 5.82 Å². The van der Waals surface area contributed by atoms with Gasteiger partial charge in [-0.3, -0.25) is 9.59 Å². The van der Waals surface area contributed by atoms with E-state index in [-0.39, 0.29) is 17.7 Å². The van der Waals surface area contributed by atoms with E-state index in [1.165, 1.54) is 11.0 Å². The number of rotatable bonds is 3. The summed E-state index contributed by atoms with van der Waals surface area (Å²) in [6, 6.07) is 4.54. The summed E-state index contributed by atoms with van der Waals surface area (Å²) in [4.78, 5) is 25.1. The minimum absolute atomic E-state index is 0.0306. The van der Waals surface area contributed by atoms with Gasteiger partial charge in [-0.05, 0) is 37.5 Å². The van der Waals surface area contributed by atoms with Crippen LogP contribution in [0.3, 0.4) is 0 Å². The second kappa shape index (κ2) is 5.84. The Kier molecular flexibility index (Phi) is 3.90. The molecule has 1 heterocycles. The zero-order chi connectivity index (χ0) is 14.8. The first-order valence-electron chi connectivity index (χ1n) is 7.56. The summed E-state index contributed by atoms with van der Waals surface area (Å²) in [6.07, 6.45) is 5.23. The molecule has 3 rings (SSSR count). The number of halogens is 1. The number of anilines is 2. The number of benzene rings is 1. The van der Waals surface area contributed by atoms with Crippen LogP contribution in [-0.4, -0.2) is 18.4 Å². The first kappa shape index (κ1) is 14.0. The van der Waals surface area contributed by atoms with E-state index in [1.807, 2.05) is 0 Å². The fourth-order valence-corrected chi connectivity index (χ4v) is 3.14. The van der Waals surface area contributed by atoms with Crippen molar-refractivity contribution >= 4 is 23.2 Å². The van der Waals surface area contributed by atoms with Crippen LogP contribution in [0.1, 0.15) is 38.5 Å². The number of nitrogens with one attached hydrogen (secondary N) is 1. The van der Waals surface area contributed by atoms with E-state index in [0.717, 1.165) is 32.1 Å². The van der Waals surface area contributed by atoms with E-state index in [4.69, 9.17) is 0 Å². The lowest BCUT2D eigenvalue weighted by molar-refractivity contribution is -0.119. The largest absolute Gasteiger partial charge is 0.326 e. The number of carbonyl (C=O) groups excluding carboxylic acids is 2. The Morgan fingerprint density at radius 3 is 2.62 bits per heavy atom. The first-order chi connectivity index (χ1) is 10.1. The zero-order valence-electron chi connectivity index (χ0n) is 11.9. The van der Waals surface area contributed by atoms with E-state index >= 15 is 0 Å². The molecule has 0 spiro atoms. The molecule has 4 nitrogen and oxygen atoms in total. The number of carbonyl (C=O) groups is 2. The van der Waals surface area contributed by atoms with Crippen LogP contribution in [0.25, 0.3) is 0 Å². The highest BCUT2D eigenvalue weighted by Gasteiger charge is 2.25. The van der Waals surface area contributed by atoms with Crippen LogP contribution in [0, 0.1) is 11.7 Å². The van der Waals surface area contributed by atoms with Gasteiger partial charge < -0.3 is 10.2 Å². The van der Waals surface area contributed by atoms with Crippen LogP contribution in [0.15, 0.2) is 18.2 Å². The molecule has 1 N–H and O–H groups in total. The quantitative estimate of drug-likeness (QED) is 0.930. The predicted octanol–water partition coefficient (Wildman–Crippen LogP) is 3.08. The van der Waals surface area contributed by atoms with Crippen molar-refractivity contribution in [1.29, 1.82) is 0 Å². The van der Waals surface area contributed by atoms with E-state index in [2.05, 4.69) is 5.32 Å². The van der Waals surface area contributed by atoms with Crippen molar-refractivity contribution in [2.75, 3.05) is 16.8 Å². The third kappa shape index (κ3) is 2.91. The molecule has 1 aliphatic heterocycles. The van der Waals surface area contributed by atoms with Gasteiger partial charge in [0.1, 0.15) is 5.82 Å². The Hall–Kier alpha value is -1.91. The SMILES string of the molecule is O=C(Nc1ccc(N2CCCC2=O)c(F)c1)C1CCCC1. The molecule has 1 saturated heterocycles. The number of hydrogen-bond donors (Lipinski definition) is 1. The Morgan fingerprint density at radius 1 is 1.24 bits per heavy atom. The first-order valence-corrected chi connectivity index (χ1v) is 7.56. The van der Waals surface area contributed by atoms with E-state index in [9.17, 15) is 14.0 Å². The average molecular weight is 290 g/mol. The van der Waals surface area contributed by atoms with Crippen LogP contribution in [0.5, 0.6) is 0 Å². The molecular formula is C16H19FN2O2. The van der Waals surface area contributed by atoms with Gasteiger partial charge in [0.2, 0.25) is 11.8 Å². The molecular weight excluding hydrogens is 271 g/mol.